The van der Waals surface area contributed by atoms with Crippen molar-refractivity contribution in [3.8, 4) is 0 Å². The van der Waals surface area contributed by atoms with E-state index in [-0.39, 0.29) is 16.4 Å². The molecule has 0 saturated heterocycles. The van der Waals surface area contributed by atoms with Gasteiger partial charge >= 0.3 is 0 Å². The molecule has 0 aliphatic heterocycles. The minimum atomic E-state index is -0.455. The summed E-state index contributed by atoms with van der Waals surface area (Å²) in [6.45, 7) is 2.23. The van der Waals surface area contributed by atoms with Crippen LogP contribution >= 0.6 is 23.2 Å². The van der Waals surface area contributed by atoms with E-state index in [9.17, 15) is 4.79 Å². The number of benzene rings is 1. The third kappa shape index (κ3) is 3.85. The quantitative estimate of drug-likeness (QED) is 0.620. The molecule has 126 valence electrons. The van der Waals surface area contributed by atoms with Crippen LogP contribution in [0, 0.1) is 12.8 Å². The number of hydrogen-bond donors (Lipinski definition) is 1. The average molecular weight is 369 g/mol. The van der Waals surface area contributed by atoms with Crippen molar-refractivity contribution in [2.24, 2.45) is 11.1 Å². The van der Waals surface area contributed by atoms with Crippen molar-refractivity contribution in [3.63, 3.8) is 0 Å². The maximum Gasteiger partial charge on any atom is 0.258 e. The fourth-order valence-corrected chi connectivity index (χ4v) is 2.46. The number of aromatic nitrogens is 2. The Bertz CT molecular complexity index is 787. The molecule has 2 aromatic rings. The molecule has 9 heteroatoms. The molecule has 0 radical (unpaired) electrons. The monoisotopic (exact) mass is 368 g/mol. The molecular formula is C15H14Cl2N4O3. The van der Waals surface area contributed by atoms with Crippen LogP contribution in [0.25, 0.3) is 0 Å². The standard InChI is InChI=1S/C15H14Cl2N4O3/c1-8-14(21-24-20-8)19-15(22)10-4-5-12(16)11(13(10)17)6-18-23-7-9-2-3-9/h4-6,9H,2-3,7H2,1H3,(H,19,21,22). The molecule has 1 aromatic carbocycles. The maximum atomic E-state index is 12.4. The lowest BCUT2D eigenvalue weighted by Gasteiger charge is -2.08. The number of nitrogens with zero attached hydrogens (tertiary/aromatic N) is 3. The predicted octanol–water partition coefficient (Wildman–Crippen LogP) is 3.70. The summed E-state index contributed by atoms with van der Waals surface area (Å²) in [5.41, 5.74) is 1.10. The Hall–Kier alpha value is -2.12. The average Bonchev–Trinajstić information content (AvgIpc) is 3.29. The van der Waals surface area contributed by atoms with Crippen LogP contribution in [0.2, 0.25) is 10.0 Å². The summed E-state index contributed by atoms with van der Waals surface area (Å²) in [4.78, 5) is 17.5. The fourth-order valence-electron chi connectivity index (χ4n) is 1.91. The SMILES string of the molecule is Cc1nonc1NC(=O)c1ccc(Cl)c(C=NOCC2CC2)c1Cl. The van der Waals surface area contributed by atoms with Gasteiger partial charge in [-0.3, -0.25) is 4.79 Å². The molecule has 1 heterocycles. The number of anilines is 1. The zero-order chi connectivity index (χ0) is 17.1. The van der Waals surface area contributed by atoms with E-state index in [0.29, 0.717) is 28.8 Å². The van der Waals surface area contributed by atoms with Crippen molar-refractivity contribution >= 4 is 41.1 Å². The summed E-state index contributed by atoms with van der Waals surface area (Å²) >= 11 is 12.4. The van der Waals surface area contributed by atoms with E-state index in [2.05, 4.69) is 25.4 Å². The Balaban J connectivity index is 1.76. The van der Waals surface area contributed by atoms with Crippen molar-refractivity contribution in [1.82, 2.24) is 10.3 Å². The van der Waals surface area contributed by atoms with Gasteiger partial charge in [0.05, 0.1) is 21.8 Å². The number of rotatable bonds is 6. The Morgan fingerprint density at radius 3 is 2.92 bits per heavy atom. The van der Waals surface area contributed by atoms with Crippen LogP contribution in [0.15, 0.2) is 21.9 Å². The summed E-state index contributed by atoms with van der Waals surface area (Å²) < 4.78 is 4.54. The van der Waals surface area contributed by atoms with Gasteiger partial charge in [0.2, 0.25) is 5.82 Å². The third-order valence-corrected chi connectivity index (χ3v) is 4.26. The largest absolute Gasteiger partial charge is 0.396 e. The van der Waals surface area contributed by atoms with Crippen LogP contribution in [0.4, 0.5) is 5.82 Å². The molecule has 0 atom stereocenters. The van der Waals surface area contributed by atoms with E-state index in [1.807, 2.05) is 0 Å². The first-order chi connectivity index (χ1) is 11.6. The molecule has 0 unspecified atom stereocenters. The van der Waals surface area contributed by atoms with Gasteiger partial charge in [-0.1, -0.05) is 33.5 Å². The second kappa shape index (κ2) is 7.19. The van der Waals surface area contributed by atoms with Crippen molar-refractivity contribution < 1.29 is 14.3 Å². The van der Waals surface area contributed by atoms with Gasteiger partial charge in [0, 0.05) is 5.56 Å². The van der Waals surface area contributed by atoms with Crippen LogP contribution in [-0.4, -0.2) is 29.0 Å². The minimum Gasteiger partial charge on any atom is -0.396 e. The first-order valence-electron chi connectivity index (χ1n) is 7.30. The number of hydrogen-bond acceptors (Lipinski definition) is 6. The van der Waals surface area contributed by atoms with Crippen LogP contribution < -0.4 is 5.32 Å². The van der Waals surface area contributed by atoms with E-state index in [1.165, 1.54) is 25.1 Å². The van der Waals surface area contributed by atoms with Gasteiger partial charge in [0.25, 0.3) is 5.91 Å². The number of carbonyl (C=O) groups is 1. The van der Waals surface area contributed by atoms with E-state index in [4.69, 9.17) is 28.0 Å². The van der Waals surface area contributed by atoms with Crippen LogP contribution in [0.3, 0.4) is 0 Å². The molecule has 24 heavy (non-hydrogen) atoms. The highest BCUT2D eigenvalue weighted by Gasteiger charge is 2.22. The summed E-state index contributed by atoms with van der Waals surface area (Å²) in [6, 6.07) is 3.09. The summed E-state index contributed by atoms with van der Waals surface area (Å²) in [7, 11) is 0. The van der Waals surface area contributed by atoms with E-state index < -0.39 is 5.91 Å². The molecule has 7 nitrogen and oxygen atoms in total. The van der Waals surface area contributed by atoms with Crippen molar-refractivity contribution in [2.45, 2.75) is 19.8 Å². The van der Waals surface area contributed by atoms with Gasteiger partial charge in [-0.15, -0.1) is 0 Å². The Morgan fingerprint density at radius 1 is 1.46 bits per heavy atom. The van der Waals surface area contributed by atoms with E-state index in [0.717, 1.165) is 0 Å². The molecule has 1 aromatic heterocycles. The first-order valence-corrected chi connectivity index (χ1v) is 8.05. The molecule has 1 fully saturated rings. The van der Waals surface area contributed by atoms with Gasteiger partial charge in [-0.2, -0.15) is 0 Å². The highest BCUT2D eigenvalue weighted by atomic mass is 35.5. The molecule has 3 rings (SSSR count). The Labute approximate surface area is 147 Å². The van der Waals surface area contributed by atoms with E-state index >= 15 is 0 Å². The number of oxime groups is 1. The molecule has 0 spiro atoms. The second-order valence-electron chi connectivity index (χ2n) is 5.45. The van der Waals surface area contributed by atoms with Gasteiger partial charge in [0.15, 0.2) is 0 Å². The molecule has 1 amide bonds. The normalized spacial score (nSPS) is 14.1. The predicted molar refractivity (Wildman–Crippen MR) is 89.7 cm³/mol. The van der Waals surface area contributed by atoms with Crippen LogP contribution in [-0.2, 0) is 4.84 Å². The second-order valence-corrected chi connectivity index (χ2v) is 6.23. The zero-order valence-electron chi connectivity index (χ0n) is 12.8. The number of amides is 1. The number of nitrogens with one attached hydrogen (secondary N) is 1. The summed E-state index contributed by atoms with van der Waals surface area (Å²) in [5, 5.41) is 14.2. The van der Waals surface area contributed by atoms with E-state index in [1.54, 1.807) is 13.0 Å². The Kier molecular flexibility index (Phi) is 5.01. The molecule has 0 bridgehead atoms. The van der Waals surface area contributed by atoms with Crippen molar-refractivity contribution in [2.75, 3.05) is 11.9 Å². The summed E-state index contributed by atoms with van der Waals surface area (Å²) in [5.74, 6) is 0.363. The lowest BCUT2D eigenvalue weighted by atomic mass is 10.1. The third-order valence-electron chi connectivity index (χ3n) is 3.52. The van der Waals surface area contributed by atoms with Gasteiger partial charge in [-0.05, 0) is 43.0 Å². The highest BCUT2D eigenvalue weighted by Crippen LogP contribution is 2.29. The van der Waals surface area contributed by atoms with Gasteiger partial charge in [0.1, 0.15) is 12.3 Å². The minimum absolute atomic E-state index is 0.174. The van der Waals surface area contributed by atoms with Crippen molar-refractivity contribution in [3.05, 3.63) is 39.0 Å². The molecule has 1 saturated carbocycles. The van der Waals surface area contributed by atoms with Crippen molar-refractivity contribution in [1.29, 1.82) is 0 Å². The lowest BCUT2D eigenvalue weighted by Crippen LogP contribution is -2.14. The fraction of sp³-hybridized carbons (Fsp3) is 0.333. The molecule has 1 N–H and O–H groups in total. The summed E-state index contributed by atoms with van der Waals surface area (Å²) in [6.07, 6.45) is 3.75. The molecule has 1 aliphatic carbocycles. The lowest BCUT2D eigenvalue weighted by molar-refractivity contribution is 0.102. The molecule has 1 aliphatic rings. The highest BCUT2D eigenvalue weighted by molar-refractivity contribution is 6.41. The number of halogens is 2. The zero-order valence-corrected chi connectivity index (χ0v) is 14.3. The number of aryl methyl sites for hydroxylation is 1. The van der Waals surface area contributed by atoms with Crippen LogP contribution in [0.5, 0.6) is 0 Å². The molecular weight excluding hydrogens is 355 g/mol. The number of carbonyl (C=O) groups excluding carboxylic acids is 1. The first kappa shape index (κ1) is 16.7. The topological polar surface area (TPSA) is 89.6 Å². The van der Waals surface area contributed by atoms with Crippen LogP contribution in [0.1, 0.15) is 34.5 Å². The maximum absolute atomic E-state index is 12.4. The van der Waals surface area contributed by atoms with Gasteiger partial charge < -0.3 is 10.2 Å². The Morgan fingerprint density at radius 2 is 2.25 bits per heavy atom. The smallest absolute Gasteiger partial charge is 0.258 e. The van der Waals surface area contributed by atoms with Gasteiger partial charge in [-0.25, -0.2) is 4.63 Å².